The Bertz CT molecular complexity index is 1090. The summed E-state index contributed by atoms with van der Waals surface area (Å²) in [7, 11) is -1.23. The van der Waals surface area contributed by atoms with Gasteiger partial charge in [-0.1, -0.05) is 11.6 Å². The van der Waals surface area contributed by atoms with Gasteiger partial charge in [0.2, 0.25) is 15.9 Å². The zero-order valence-electron chi connectivity index (χ0n) is 17.7. The maximum Gasteiger partial charge on any atom is 0.416 e. The second-order valence-corrected chi connectivity index (χ2v) is 9.14. The van der Waals surface area contributed by atoms with Gasteiger partial charge in [0, 0.05) is 5.56 Å². The van der Waals surface area contributed by atoms with Crippen LogP contribution in [0.2, 0.25) is 5.02 Å². The van der Waals surface area contributed by atoms with E-state index in [0.29, 0.717) is 27.4 Å². The Balaban J connectivity index is 2.33. The molecular formula is C20H22ClF3N2O5S. The number of sulfonamides is 1. The Labute approximate surface area is 189 Å². The van der Waals surface area contributed by atoms with Gasteiger partial charge in [0.05, 0.1) is 42.8 Å². The largest absolute Gasteiger partial charge is 0.497 e. The maximum absolute atomic E-state index is 13.1. The van der Waals surface area contributed by atoms with E-state index in [0.717, 1.165) is 18.4 Å². The second kappa shape index (κ2) is 9.86. The molecule has 176 valence electrons. The smallest absolute Gasteiger partial charge is 0.416 e. The lowest BCUT2D eigenvalue weighted by Gasteiger charge is -2.25. The molecule has 0 radical (unpaired) electrons. The monoisotopic (exact) mass is 494 g/mol. The van der Waals surface area contributed by atoms with Gasteiger partial charge in [-0.05, 0) is 43.3 Å². The summed E-state index contributed by atoms with van der Waals surface area (Å²) in [6.07, 6.45) is -3.95. The van der Waals surface area contributed by atoms with Crippen molar-refractivity contribution in [3.63, 3.8) is 0 Å². The molecule has 2 aromatic carbocycles. The second-order valence-electron chi connectivity index (χ2n) is 6.83. The topological polar surface area (TPSA) is 84.9 Å². The van der Waals surface area contributed by atoms with Crippen LogP contribution in [-0.4, -0.2) is 41.3 Å². The molecule has 0 aliphatic rings. The third-order valence-corrected chi connectivity index (χ3v) is 5.96. The summed E-state index contributed by atoms with van der Waals surface area (Å²) in [5, 5.41) is 2.36. The number of carbonyl (C=O) groups is 1. The highest BCUT2D eigenvalue weighted by Crippen LogP contribution is 2.36. The van der Waals surface area contributed by atoms with Gasteiger partial charge in [0.1, 0.15) is 18.0 Å². The van der Waals surface area contributed by atoms with Crippen LogP contribution in [0.1, 0.15) is 24.1 Å². The van der Waals surface area contributed by atoms with E-state index in [1.165, 1.54) is 14.2 Å². The van der Waals surface area contributed by atoms with Crippen LogP contribution in [0.5, 0.6) is 11.5 Å². The number of ether oxygens (including phenoxy) is 2. The molecule has 2 aromatic rings. The van der Waals surface area contributed by atoms with E-state index in [9.17, 15) is 26.4 Å². The van der Waals surface area contributed by atoms with Gasteiger partial charge in [-0.15, -0.1) is 0 Å². The molecule has 12 heteroatoms. The molecule has 32 heavy (non-hydrogen) atoms. The first kappa shape index (κ1) is 25.6. The van der Waals surface area contributed by atoms with E-state index in [-0.39, 0.29) is 5.02 Å². The maximum atomic E-state index is 13.1. The van der Waals surface area contributed by atoms with Crippen LogP contribution in [0.15, 0.2) is 36.4 Å². The highest BCUT2D eigenvalue weighted by molar-refractivity contribution is 7.92. The van der Waals surface area contributed by atoms with E-state index in [1.807, 2.05) is 0 Å². The number of anilines is 1. The van der Waals surface area contributed by atoms with Gasteiger partial charge in [0.25, 0.3) is 0 Å². The van der Waals surface area contributed by atoms with Crippen LogP contribution < -0.4 is 19.1 Å². The van der Waals surface area contributed by atoms with Crippen molar-refractivity contribution in [3.05, 3.63) is 52.5 Å². The molecule has 0 bridgehead atoms. The molecule has 0 saturated carbocycles. The van der Waals surface area contributed by atoms with Crippen molar-refractivity contribution >= 4 is 33.2 Å². The first-order chi connectivity index (χ1) is 14.8. The van der Waals surface area contributed by atoms with E-state index < -0.39 is 45.9 Å². The summed E-state index contributed by atoms with van der Waals surface area (Å²) in [5.41, 5.74) is -0.991. The van der Waals surface area contributed by atoms with Gasteiger partial charge in [-0.3, -0.25) is 9.10 Å². The zero-order valence-corrected chi connectivity index (χ0v) is 19.2. The number of halogens is 4. The minimum Gasteiger partial charge on any atom is -0.497 e. The molecule has 0 aliphatic heterocycles. The van der Waals surface area contributed by atoms with Gasteiger partial charge >= 0.3 is 6.18 Å². The van der Waals surface area contributed by atoms with Gasteiger partial charge in [-0.2, -0.15) is 13.2 Å². The van der Waals surface area contributed by atoms with Crippen molar-refractivity contribution in [3.8, 4) is 11.5 Å². The average molecular weight is 495 g/mol. The lowest BCUT2D eigenvalue weighted by molar-refractivity contribution is -0.137. The minimum atomic E-state index is -4.72. The molecule has 0 unspecified atom stereocenters. The molecular weight excluding hydrogens is 473 g/mol. The number of nitrogens with zero attached hydrogens (tertiary/aromatic N) is 1. The first-order valence-electron chi connectivity index (χ1n) is 9.13. The molecule has 0 spiro atoms. The third kappa shape index (κ3) is 6.19. The van der Waals surface area contributed by atoms with E-state index in [4.69, 9.17) is 21.1 Å². The molecule has 0 aromatic heterocycles. The van der Waals surface area contributed by atoms with Crippen LogP contribution in [-0.2, 0) is 21.0 Å². The molecule has 1 N–H and O–H groups in total. The summed E-state index contributed by atoms with van der Waals surface area (Å²) in [6.45, 7) is 0.855. The molecule has 0 aliphatic carbocycles. The Morgan fingerprint density at radius 1 is 1.16 bits per heavy atom. The van der Waals surface area contributed by atoms with Crippen molar-refractivity contribution in [2.24, 2.45) is 0 Å². The fourth-order valence-electron chi connectivity index (χ4n) is 2.93. The Morgan fingerprint density at radius 3 is 2.34 bits per heavy atom. The van der Waals surface area contributed by atoms with Crippen molar-refractivity contribution in [1.82, 2.24) is 5.32 Å². The number of hydrogen-bond acceptors (Lipinski definition) is 5. The molecule has 2 rings (SSSR count). The fraction of sp³-hybridized carbons (Fsp3) is 0.350. The third-order valence-electron chi connectivity index (χ3n) is 4.51. The highest BCUT2D eigenvalue weighted by Gasteiger charge is 2.33. The van der Waals surface area contributed by atoms with Crippen LogP contribution in [0.3, 0.4) is 0 Å². The SMILES string of the molecule is COc1ccc(OC)c([C@@H](C)NC(=O)CN(c2cc(C(F)(F)F)ccc2Cl)S(C)(=O)=O)c1. The number of alkyl halides is 3. The van der Waals surface area contributed by atoms with Crippen molar-refractivity contribution < 1.29 is 35.9 Å². The molecule has 1 atom stereocenters. The number of carbonyl (C=O) groups excluding carboxylic acids is 1. The number of benzene rings is 2. The summed E-state index contributed by atoms with van der Waals surface area (Å²) in [6, 6.07) is 6.56. The van der Waals surface area contributed by atoms with Crippen molar-refractivity contribution in [2.75, 3.05) is 31.3 Å². The molecule has 7 nitrogen and oxygen atoms in total. The highest BCUT2D eigenvalue weighted by atomic mass is 35.5. The number of methoxy groups -OCH3 is 2. The Hall–Kier alpha value is -2.66. The molecule has 0 saturated heterocycles. The summed E-state index contributed by atoms with van der Waals surface area (Å²) in [5.74, 6) is 0.205. The van der Waals surface area contributed by atoms with Gasteiger partial charge in [-0.25, -0.2) is 8.42 Å². The predicted molar refractivity (Wildman–Crippen MR) is 115 cm³/mol. The Kier molecular flexibility index (Phi) is 7.89. The van der Waals surface area contributed by atoms with Crippen LogP contribution >= 0.6 is 11.6 Å². The quantitative estimate of drug-likeness (QED) is 0.599. The lowest BCUT2D eigenvalue weighted by atomic mass is 10.1. The van der Waals surface area contributed by atoms with Crippen LogP contribution in [0.25, 0.3) is 0 Å². The molecule has 0 fully saturated rings. The molecule has 1 amide bonds. The first-order valence-corrected chi connectivity index (χ1v) is 11.4. The number of hydrogen-bond donors (Lipinski definition) is 1. The average Bonchev–Trinajstić information content (AvgIpc) is 2.70. The standard InChI is InChI=1S/C20H22ClF3N2O5S/c1-12(15-10-14(30-2)6-8-18(15)31-3)25-19(27)11-26(32(4,28)29)17-9-13(20(22,23)24)5-7-16(17)21/h5-10,12H,11H2,1-4H3,(H,25,27)/t12-/m1/s1. The van der Waals surface area contributed by atoms with E-state index >= 15 is 0 Å². The van der Waals surface area contributed by atoms with Crippen molar-refractivity contribution in [2.45, 2.75) is 19.1 Å². The van der Waals surface area contributed by atoms with Gasteiger partial charge in [0.15, 0.2) is 0 Å². The summed E-state index contributed by atoms with van der Waals surface area (Å²) >= 11 is 5.97. The minimum absolute atomic E-state index is 0.251. The number of amides is 1. The Morgan fingerprint density at radius 2 is 1.81 bits per heavy atom. The summed E-state index contributed by atoms with van der Waals surface area (Å²) in [4.78, 5) is 12.6. The lowest BCUT2D eigenvalue weighted by Crippen LogP contribution is -2.41. The predicted octanol–water partition coefficient (Wildman–Crippen LogP) is 4.02. The van der Waals surface area contributed by atoms with Gasteiger partial charge < -0.3 is 14.8 Å². The zero-order chi connectivity index (χ0) is 24.3. The number of nitrogens with one attached hydrogen (secondary N) is 1. The fourth-order valence-corrected chi connectivity index (χ4v) is 4.06. The number of rotatable bonds is 8. The van der Waals surface area contributed by atoms with Crippen LogP contribution in [0, 0.1) is 0 Å². The van der Waals surface area contributed by atoms with Crippen molar-refractivity contribution in [1.29, 1.82) is 0 Å². The normalized spacial score (nSPS) is 12.8. The molecule has 0 heterocycles. The van der Waals surface area contributed by atoms with Crippen LogP contribution in [0.4, 0.5) is 18.9 Å². The summed E-state index contributed by atoms with van der Waals surface area (Å²) < 4.78 is 74.9. The van der Waals surface area contributed by atoms with E-state index in [1.54, 1.807) is 25.1 Å². The van der Waals surface area contributed by atoms with E-state index in [2.05, 4.69) is 5.32 Å².